The standard InChI is InChI=1S/C29H41N7O5S/c1-20(2)15-25(34-29(39)26(35-36-31)17-21-7-5-4-6-8-21)28(38)32-19-27(37)33-24(13-14-42(3,40)41)16-22-9-11-23(18-30)12-10-22/h4-12,20,24-26H,13-19,30H2,1-3H3,(H,32,38)(H,33,37)(H,34,39)/t24-,25+,26+/m1/s1. The van der Waals surface area contributed by atoms with E-state index in [1.54, 1.807) is 0 Å². The molecule has 0 radical (unpaired) electrons. The van der Waals surface area contributed by atoms with Crippen molar-refractivity contribution < 1.29 is 22.8 Å². The number of rotatable bonds is 17. The predicted octanol–water partition coefficient (Wildman–Crippen LogP) is 2.18. The summed E-state index contributed by atoms with van der Waals surface area (Å²) in [5.74, 6) is -1.72. The molecule has 13 heteroatoms. The largest absolute Gasteiger partial charge is 0.351 e. The molecule has 3 atom stereocenters. The first-order valence-corrected chi connectivity index (χ1v) is 15.9. The van der Waals surface area contributed by atoms with Crippen molar-refractivity contribution >= 4 is 27.6 Å². The molecule has 12 nitrogen and oxygen atoms in total. The van der Waals surface area contributed by atoms with Gasteiger partial charge in [0.2, 0.25) is 17.7 Å². The van der Waals surface area contributed by atoms with E-state index in [-0.39, 0.29) is 31.1 Å². The van der Waals surface area contributed by atoms with Gasteiger partial charge < -0.3 is 21.7 Å². The van der Waals surface area contributed by atoms with Crippen molar-refractivity contribution in [1.82, 2.24) is 16.0 Å². The summed E-state index contributed by atoms with van der Waals surface area (Å²) >= 11 is 0. The fraction of sp³-hybridized carbons (Fsp3) is 0.483. The highest BCUT2D eigenvalue weighted by molar-refractivity contribution is 7.90. The molecule has 5 N–H and O–H groups in total. The summed E-state index contributed by atoms with van der Waals surface area (Å²) in [5.41, 5.74) is 17.3. The van der Waals surface area contributed by atoms with Gasteiger partial charge in [0, 0.05) is 23.8 Å². The highest BCUT2D eigenvalue weighted by Gasteiger charge is 2.26. The van der Waals surface area contributed by atoms with Crippen LogP contribution in [0.4, 0.5) is 0 Å². The van der Waals surface area contributed by atoms with E-state index >= 15 is 0 Å². The molecule has 42 heavy (non-hydrogen) atoms. The average molecular weight is 600 g/mol. The van der Waals surface area contributed by atoms with Crippen LogP contribution in [0.2, 0.25) is 0 Å². The topological polar surface area (TPSA) is 196 Å². The third kappa shape index (κ3) is 13.2. The summed E-state index contributed by atoms with van der Waals surface area (Å²) in [6.07, 6.45) is 2.19. The Morgan fingerprint density at radius 1 is 0.929 bits per heavy atom. The van der Waals surface area contributed by atoms with Crippen LogP contribution in [0.5, 0.6) is 0 Å². The molecule has 0 bridgehead atoms. The molecule has 3 amide bonds. The first-order chi connectivity index (χ1) is 19.9. The molecule has 0 saturated heterocycles. The highest BCUT2D eigenvalue weighted by Crippen LogP contribution is 2.11. The second-order valence-electron chi connectivity index (χ2n) is 10.7. The van der Waals surface area contributed by atoms with Crippen molar-refractivity contribution in [3.05, 3.63) is 81.7 Å². The normalized spacial score (nSPS) is 13.4. The van der Waals surface area contributed by atoms with Gasteiger partial charge in [-0.15, -0.1) is 0 Å². The minimum Gasteiger partial charge on any atom is -0.351 e. The number of nitrogens with zero attached hydrogens (tertiary/aromatic N) is 3. The Kier molecular flexibility index (Phi) is 14.0. The third-order valence-corrected chi connectivity index (χ3v) is 7.45. The van der Waals surface area contributed by atoms with E-state index in [1.807, 2.05) is 68.4 Å². The molecule has 0 fully saturated rings. The molecule has 2 rings (SSSR count). The predicted molar refractivity (Wildman–Crippen MR) is 162 cm³/mol. The number of sulfone groups is 1. The summed E-state index contributed by atoms with van der Waals surface area (Å²) in [7, 11) is -3.26. The van der Waals surface area contributed by atoms with Gasteiger partial charge in [-0.3, -0.25) is 14.4 Å². The van der Waals surface area contributed by atoms with Crippen LogP contribution >= 0.6 is 0 Å². The summed E-state index contributed by atoms with van der Waals surface area (Å²) in [6.45, 7) is 3.81. The van der Waals surface area contributed by atoms with Crippen LogP contribution in [-0.4, -0.2) is 62.8 Å². The van der Waals surface area contributed by atoms with E-state index in [0.29, 0.717) is 19.4 Å². The van der Waals surface area contributed by atoms with Crippen molar-refractivity contribution in [3.63, 3.8) is 0 Å². The molecule has 0 aliphatic heterocycles. The second-order valence-corrected chi connectivity index (χ2v) is 13.0. The van der Waals surface area contributed by atoms with E-state index < -0.39 is 45.7 Å². The van der Waals surface area contributed by atoms with E-state index in [4.69, 9.17) is 11.3 Å². The molecule has 0 spiro atoms. The number of amides is 3. The van der Waals surface area contributed by atoms with Crippen molar-refractivity contribution in [3.8, 4) is 0 Å². The van der Waals surface area contributed by atoms with Crippen molar-refractivity contribution in [1.29, 1.82) is 0 Å². The van der Waals surface area contributed by atoms with E-state index in [1.165, 1.54) is 0 Å². The maximum atomic E-state index is 13.1. The number of carbonyl (C=O) groups excluding carboxylic acids is 3. The number of azide groups is 1. The molecule has 2 aromatic carbocycles. The van der Waals surface area contributed by atoms with Gasteiger partial charge in [-0.1, -0.05) is 73.6 Å². The SMILES string of the molecule is CC(C)C[C@H](NC(=O)[C@H](Cc1ccccc1)N=[N+]=[N-])C(=O)NCC(=O)N[C@H](CCS(C)(=O)=O)Cc1ccc(CN)cc1. The lowest BCUT2D eigenvalue weighted by atomic mass is 10.0. The van der Waals surface area contributed by atoms with Crippen LogP contribution in [0, 0.1) is 5.92 Å². The number of hydrogen-bond acceptors (Lipinski definition) is 7. The monoisotopic (exact) mass is 599 g/mol. The van der Waals surface area contributed by atoms with E-state index in [2.05, 4.69) is 26.0 Å². The molecule has 0 heterocycles. The van der Waals surface area contributed by atoms with Crippen LogP contribution < -0.4 is 21.7 Å². The zero-order valence-corrected chi connectivity index (χ0v) is 25.1. The molecule has 2 aromatic rings. The van der Waals surface area contributed by atoms with Gasteiger partial charge >= 0.3 is 0 Å². The minimum atomic E-state index is -3.26. The van der Waals surface area contributed by atoms with Gasteiger partial charge in [-0.25, -0.2) is 8.42 Å². The molecule has 0 unspecified atom stereocenters. The number of nitrogens with one attached hydrogen (secondary N) is 3. The molecular formula is C29H41N7O5S. The van der Waals surface area contributed by atoms with Gasteiger partial charge in [0.1, 0.15) is 21.9 Å². The fourth-order valence-corrected chi connectivity index (χ4v) is 5.02. The van der Waals surface area contributed by atoms with Crippen molar-refractivity contribution in [2.24, 2.45) is 16.8 Å². The first-order valence-electron chi connectivity index (χ1n) is 13.8. The van der Waals surface area contributed by atoms with Gasteiger partial charge in [0.25, 0.3) is 0 Å². The Bertz CT molecular complexity index is 1330. The Morgan fingerprint density at radius 2 is 1.55 bits per heavy atom. The zero-order chi connectivity index (χ0) is 31.1. The highest BCUT2D eigenvalue weighted by atomic mass is 32.2. The van der Waals surface area contributed by atoms with Crippen molar-refractivity contribution in [2.45, 2.75) is 64.2 Å². The van der Waals surface area contributed by atoms with Crippen LogP contribution in [0.15, 0.2) is 59.7 Å². The number of nitrogens with two attached hydrogens (primary N) is 1. The maximum absolute atomic E-state index is 13.1. The third-order valence-electron chi connectivity index (χ3n) is 6.47. The van der Waals surface area contributed by atoms with Crippen molar-refractivity contribution in [2.75, 3.05) is 18.6 Å². The Balaban J connectivity index is 2.04. The summed E-state index contributed by atoms with van der Waals surface area (Å²) in [6, 6.07) is 14.1. The van der Waals surface area contributed by atoms with E-state index in [9.17, 15) is 22.8 Å². The Labute approximate surface area is 247 Å². The lowest BCUT2D eigenvalue weighted by molar-refractivity contribution is -0.131. The van der Waals surface area contributed by atoms with Crippen LogP contribution in [0.25, 0.3) is 10.4 Å². The molecule has 0 aliphatic rings. The number of hydrogen-bond donors (Lipinski definition) is 4. The second kappa shape index (κ2) is 17.1. The maximum Gasteiger partial charge on any atom is 0.243 e. The molecule has 0 saturated carbocycles. The van der Waals surface area contributed by atoms with E-state index in [0.717, 1.165) is 22.9 Å². The van der Waals surface area contributed by atoms with Crippen LogP contribution in [-0.2, 0) is 43.6 Å². The zero-order valence-electron chi connectivity index (χ0n) is 24.3. The average Bonchev–Trinajstić information content (AvgIpc) is 2.94. The molecule has 0 aromatic heterocycles. The van der Waals surface area contributed by atoms with Crippen LogP contribution in [0.3, 0.4) is 0 Å². The quantitative estimate of drug-likeness (QED) is 0.122. The Hall–Kier alpha value is -3.93. The lowest BCUT2D eigenvalue weighted by Crippen LogP contribution is -2.52. The van der Waals surface area contributed by atoms with Crippen LogP contribution in [0.1, 0.15) is 43.4 Å². The number of benzene rings is 2. The fourth-order valence-electron chi connectivity index (χ4n) is 4.30. The van der Waals surface area contributed by atoms with Gasteiger partial charge in [0.05, 0.1) is 12.3 Å². The van der Waals surface area contributed by atoms with Gasteiger partial charge in [0.15, 0.2) is 0 Å². The number of carbonyl (C=O) groups is 3. The molecular weight excluding hydrogens is 558 g/mol. The molecule has 0 aliphatic carbocycles. The molecule has 228 valence electrons. The lowest BCUT2D eigenvalue weighted by Gasteiger charge is -2.23. The summed E-state index contributed by atoms with van der Waals surface area (Å²) in [5, 5.41) is 11.7. The summed E-state index contributed by atoms with van der Waals surface area (Å²) in [4.78, 5) is 41.6. The smallest absolute Gasteiger partial charge is 0.243 e. The van der Waals surface area contributed by atoms with Gasteiger partial charge in [-0.05, 0) is 53.8 Å². The Morgan fingerprint density at radius 3 is 2.12 bits per heavy atom. The first kappa shape index (κ1) is 34.3. The van der Waals surface area contributed by atoms with Gasteiger partial charge in [-0.2, -0.15) is 0 Å². The minimum absolute atomic E-state index is 0.0351. The summed E-state index contributed by atoms with van der Waals surface area (Å²) < 4.78 is 23.5.